The summed E-state index contributed by atoms with van der Waals surface area (Å²) in [6.07, 6.45) is -4.59. The average Bonchev–Trinajstić information content (AvgIpc) is 3.12. The molecule has 0 atom stereocenters. The van der Waals surface area contributed by atoms with Crippen LogP contribution in [0.3, 0.4) is 0 Å². The SMILES string of the molecule is Cc1cc(C(=O)Nc2nnc(C(F)(F)F)s2)c(C)n1-c1cccc(Br)c1. The van der Waals surface area contributed by atoms with E-state index in [1.807, 2.05) is 35.8 Å². The quantitative estimate of drug-likeness (QED) is 0.619. The van der Waals surface area contributed by atoms with E-state index >= 15 is 0 Å². The van der Waals surface area contributed by atoms with Gasteiger partial charge in [-0.25, -0.2) is 0 Å². The summed E-state index contributed by atoms with van der Waals surface area (Å²) in [4.78, 5) is 12.5. The molecule has 0 aliphatic carbocycles. The van der Waals surface area contributed by atoms with Crippen LogP contribution in [0.15, 0.2) is 34.8 Å². The topological polar surface area (TPSA) is 59.8 Å². The predicted molar refractivity (Wildman–Crippen MR) is 95.8 cm³/mol. The highest BCUT2D eigenvalue weighted by Gasteiger charge is 2.36. The maximum atomic E-state index is 12.6. The monoisotopic (exact) mass is 444 g/mol. The minimum atomic E-state index is -4.59. The van der Waals surface area contributed by atoms with Crippen LogP contribution < -0.4 is 5.32 Å². The number of carbonyl (C=O) groups excluding carboxylic acids is 1. The number of hydrogen-bond acceptors (Lipinski definition) is 4. The van der Waals surface area contributed by atoms with E-state index < -0.39 is 17.1 Å². The fraction of sp³-hybridized carbons (Fsp3) is 0.188. The van der Waals surface area contributed by atoms with Crippen LogP contribution in [0.4, 0.5) is 18.3 Å². The average molecular weight is 445 g/mol. The number of amides is 1. The Labute approximate surface area is 159 Å². The number of halogens is 4. The Hall–Kier alpha value is -2.20. The Morgan fingerprint density at radius 2 is 1.96 bits per heavy atom. The first-order chi connectivity index (χ1) is 12.2. The lowest BCUT2D eigenvalue weighted by Gasteiger charge is -2.10. The Bertz CT molecular complexity index is 980. The molecule has 0 saturated carbocycles. The highest BCUT2D eigenvalue weighted by molar-refractivity contribution is 9.10. The summed E-state index contributed by atoms with van der Waals surface area (Å²) in [6, 6.07) is 9.24. The van der Waals surface area contributed by atoms with Gasteiger partial charge in [0, 0.05) is 21.5 Å². The fourth-order valence-corrected chi connectivity index (χ4v) is 3.55. The lowest BCUT2D eigenvalue weighted by Crippen LogP contribution is -2.13. The smallest absolute Gasteiger partial charge is 0.318 e. The van der Waals surface area contributed by atoms with Crippen LogP contribution >= 0.6 is 27.3 Å². The molecule has 0 unspecified atom stereocenters. The van der Waals surface area contributed by atoms with E-state index in [0.717, 1.165) is 15.9 Å². The number of alkyl halides is 3. The van der Waals surface area contributed by atoms with Crippen LogP contribution in [0.2, 0.25) is 0 Å². The van der Waals surface area contributed by atoms with Gasteiger partial charge in [-0.3, -0.25) is 10.1 Å². The van der Waals surface area contributed by atoms with Gasteiger partial charge in [0.05, 0.1) is 5.56 Å². The summed E-state index contributed by atoms with van der Waals surface area (Å²) in [5.74, 6) is -0.538. The summed E-state index contributed by atoms with van der Waals surface area (Å²) in [5.41, 5.74) is 2.70. The van der Waals surface area contributed by atoms with Gasteiger partial charge < -0.3 is 4.57 Å². The first kappa shape index (κ1) is 18.6. The molecule has 2 aromatic heterocycles. The van der Waals surface area contributed by atoms with Crippen molar-refractivity contribution in [2.24, 2.45) is 0 Å². The molecule has 10 heteroatoms. The van der Waals surface area contributed by atoms with Crippen molar-refractivity contribution in [2.75, 3.05) is 5.32 Å². The van der Waals surface area contributed by atoms with Crippen LogP contribution in [-0.2, 0) is 6.18 Å². The standard InChI is InChI=1S/C16H12BrF3N4OS/c1-8-6-12(9(2)24(8)11-5-3-4-10(17)7-11)13(25)21-15-23-22-14(26-15)16(18,19)20/h3-7H,1-2H3,(H,21,23,25). The number of rotatable bonds is 3. The largest absolute Gasteiger partial charge is 0.445 e. The van der Waals surface area contributed by atoms with Crippen LogP contribution in [0, 0.1) is 13.8 Å². The van der Waals surface area contributed by atoms with Gasteiger partial charge >= 0.3 is 6.18 Å². The number of aryl methyl sites for hydroxylation is 1. The number of hydrogen-bond donors (Lipinski definition) is 1. The van der Waals surface area contributed by atoms with Crippen molar-refractivity contribution >= 4 is 38.3 Å². The number of nitrogens with one attached hydrogen (secondary N) is 1. The van der Waals surface area contributed by atoms with Crippen molar-refractivity contribution in [3.8, 4) is 5.69 Å². The summed E-state index contributed by atoms with van der Waals surface area (Å²) in [7, 11) is 0. The molecule has 1 N–H and O–H groups in total. The Kier molecular flexibility index (Phi) is 4.89. The third-order valence-electron chi connectivity index (χ3n) is 3.63. The van der Waals surface area contributed by atoms with Gasteiger partial charge in [0.1, 0.15) is 0 Å². The van der Waals surface area contributed by atoms with Gasteiger partial charge in [-0.15, -0.1) is 10.2 Å². The zero-order chi connectivity index (χ0) is 19.1. The molecule has 3 aromatic rings. The minimum absolute atomic E-state index is 0.199. The summed E-state index contributed by atoms with van der Waals surface area (Å²) in [5, 5.41) is 7.51. The summed E-state index contributed by atoms with van der Waals surface area (Å²) < 4.78 is 40.6. The highest BCUT2D eigenvalue weighted by Crippen LogP contribution is 2.33. The molecular formula is C16H12BrF3N4OS. The van der Waals surface area contributed by atoms with Gasteiger partial charge in [-0.05, 0) is 38.1 Å². The maximum Gasteiger partial charge on any atom is 0.445 e. The molecule has 0 aliphatic rings. The number of aromatic nitrogens is 3. The maximum absolute atomic E-state index is 12.6. The molecule has 0 fully saturated rings. The molecule has 2 heterocycles. The summed E-state index contributed by atoms with van der Waals surface area (Å²) >= 11 is 3.69. The van der Waals surface area contributed by atoms with Crippen molar-refractivity contribution in [1.82, 2.24) is 14.8 Å². The molecule has 0 saturated heterocycles. The number of nitrogens with zero attached hydrogens (tertiary/aromatic N) is 3. The second-order valence-electron chi connectivity index (χ2n) is 5.46. The van der Waals surface area contributed by atoms with E-state index in [9.17, 15) is 18.0 Å². The second-order valence-corrected chi connectivity index (χ2v) is 7.36. The van der Waals surface area contributed by atoms with E-state index in [-0.39, 0.29) is 16.5 Å². The van der Waals surface area contributed by atoms with Crippen molar-refractivity contribution < 1.29 is 18.0 Å². The molecule has 1 aromatic carbocycles. The highest BCUT2D eigenvalue weighted by atomic mass is 79.9. The fourth-order valence-electron chi connectivity index (χ4n) is 2.56. The Morgan fingerprint density at radius 1 is 1.23 bits per heavy atom. The van der Waals surface area contributed by atoms with E-state index in [0.29, 0.717) is 11.3 Å². The normalized spacial score (nSPS) is 11.6. The van der Waals surface area contributed by atoms with Crippen LogP contribution in [-0.4, -0.2) is 20.7 Å². The van der Waals surface area contributed by atoms with Gasteiger partial charge in [0.2, 0.25) is 10.1 Å². The molecule has 0 bridgehead atoms. The van der Waals surface area contributed by atoms with Crippen LogP contribution in [0.1, 0.15) is 26.8 Å². The van der Waals surface area contributed by atoms with Crippen molar-refractivity contribution in [2.45, 2.75) is 20.0 Å². The first-order valence-electron chi connectivity index (χ1n) is 7.34. The second kappa shape index (κ2) is 6.84. The molecular weight excluding hydrogens is 433 g/mol. The lowest BCUT2D eigenvalue weighted by atomic mass is 10.2. The van der Waals surface area contributed by atoms with Gasteiger partial charge in [0.25, 0.3) is 5.91 Å². The van der Waals surface area contributed by atoms with Crippen molar-refractivity contribution in [3.05, 3.63) is 56.8 Å². The van der Waals surface area contributed by atoms with E-state index in [1.54, 1.807) is 13.0 Å². The lowest BCUT2D eigenvalue weighted by molar-refractivity contribution is -0.138. The first-order valence-corrected chi connectivity index (χ1v) is 8.94. The summed E-state index contributed by atoms with van der Waals surface area (Å²) in [6.45, 7) is 3.61. The van der Waals surface area contributed by atoms with Crippen molar-refractivity contribution in [3.63, 3.8) is 0 Å². The van der Waals surface area contributed by atoms with Gasteiger partial charge in [-0.1, -0.05) is 33.3 Å². The van der Waals surface area contributed by atoms with E-state index in [2.05, 4.69) is 31.4 Å². The van der Waals surface area contributed by atoms with Crippen LogP contribution in [0.25, 0.3) is 5.69 Å². The molecule has 0 radical (unpaired) electrons. The van der Waals surface area contributed by atoms with Gasteiger partial charge in [0.15, 0.2) is 0 Å². The molecule has 0 aliphatic heterocycles. The van der Waals surface area contributed by atoms with Crippen molar-refractivity contribution in [1.29, 1.82) is 0 Å². The minimum Gasteiger partial charge on any atom is -0.318 e. The third kappa shape index (κ3) is 3.65. The number of carbonyl (C=O) groups is 1. The molecule has 5 nitrogen and oxygen atoms in total. The zero-order valence-electron chi connectivity index (χ0n) is 13.6. The zero-order valence-corrected chi connectivity index (χ0v) is 16.0. The molecule has 0 spiro atoms. The Balaban J connectivity index is 1.89. The number of benzene rings is 1. The van der Waals surface area contributed by atoms with Gasteiger partial charge in [-0.2, -0.15) is 13.2 Å². The van der Waals surface area contributed by atoms with Crippen LogP contribution in [0.5, 0.6) is 0 Å². The Morgan fingerprint density at radius 3 is 2.58 bits per heavy atom. The third-order valence-corrected chi connectivity index (χ3v) is 5.01. The van der Waals surface area contributed by atoms with E-state index in [4.69, 9.17) is 0 Å². The molecule has 3 rings (SSSR count). The molecule has 136 valence electrons. The number of anilines is 1. The molecule has 1 amide bonds. The molecule has 26 heavy (non-hydrogen) atoms. The predicted octanol–water partition coefficient (Wildman–Crippen LogP) is 4.98. The van der Waals surface area contributed by atoms with E-state index in [1.165, 1.54) is 0 Å².